The van der Waals surface area contributed by atoms with Gasteiger partial charge in [0.2, 0.25) is 17.7 Å². The maximum Gasteiger partial charge on any atom is 0.242 e. The second-order valence-corrected chi connectivity index (χ2v) is 12.3. The van der Waals surface area contributed by atoms with Crippen LogP contribution >= 0.6 is 0 Å². The smallest absolute Gasteiger partial charge is 0.242 e. The molecule has 1 aliphatic carbocycles. The quantitative estimate of drug-likeness (QED) is 0.270. The van der Waals surface area contributed by atoms with E-state index in [0.717, 1.165) is 48.1 Å². The number of rotatable bonds is 14. The molecule has 3 aromatic carbocycles. The van der Waals surface area contributed by atoms with Gasteiger partial charge in [-0.1, -0.05) is 54.6 Å². The summed E-state index contributed by atoms with van der Waals surface area (Å²) in [5, 5.41) is 15.0. The second-order valence-electron chi connectivity index (χ2n) is 12.3. The Bertz CT molecular complexity index is 1460. The summed E-state index contributed by atoms with van der Waals surface area (Å²) in [6.07, 6.45) is 5.60. The number of piperidine rings is 1. The number of likely N-dealkylation sites (tertiary alicyclic amines) is 1. The number of hydrogen-bond acceptors (Lipinski definition) is 5. The highest BCUT2D eigenvalue weighted by molar-refractivity contribution is 5.88. The van der Waals surface area contributed by atoms with Gasteiger partial charge < -0.3 is 20.3 Å². The van der Waals surface area contributed by atoms with E-state index < -0.39 is 6.04 Å². The molecule has 0 spiro atoms. The van der Waals surface area contributed by atoms with E-state index in [1.165, 1.54) is 0 Å². The van der Waals surface area contributed by atoms with E-state index in [1.54, 1.807) is 12.1 Å². The third-order valence-corrected chi connectivity index (χ3v) is 8.68. The summed E-state index contributed by atoms with van der Waals surface area (Å²) in [4.78, 5) is 41.0. The Kier molecular flexibility index (Phi) is 11.2. The molecule has 0 bridgehead atoms. The topological polar surface area (TPSA) is 112 Å². The second kappa shape index (κ2) is 15.9. The first-order chi connectivity index (χ1) is 21.9. The maximum atomic E-state index is 13.1. The molecule has 1 atom stereocenters. The summed E-state index contributed by atoms with van der Waals surface area (Å²) in [7, 11) is 0. The average Bonchev–Trinajstić information content (AvgIpc) is 3.91. The molecule has 2 aliphatic rings. The average molecular weight is 607 g/mol. The number of hydrogen-bond donors (Lipinski definition) is 2. The highest BCUT2D eigenvalue weighted by Gasteiger charge is 2.28. The number of ether oxygens (including phenoxy) is 1. The van der Waals surface area contributed by atoms with Gasteiger partial charge in [-0.15, -0.1) is 0 Å². The van der Waals surface area contributed by atoms with Gasteiger partial charge in [-0.2, -0.15) is 5.26 Å². The van der Waals surface area contributed by atoms with E-state index in [-0.39, 0.29) is 23.6 Å². The van der Waals surface area contributed by atoms with E-state index in [0.29, 0.717) is 63.4 Å². The van der Waals surface area contributed by atoms with Gasteiger partial charge >= 0.3 is 0 Å². The lowest BCUT2D eigenvalue weighted by molar-refractivity contribution is -0.133. The molecule has 8 heteroatoms. The Labute approximate surface area is 265 Å². The molecule has 5 rings (SSSR count). The van der Waals surface area contributed by atoms with Gasteiger partial charge in [-0.05, 0) is 84.9 Å². The maximum absolute atomic E-state index is 13.1. The molecule has 3 aromatic rings. The molecule has 1 saturated carbocycles. The summed E-state index contributed by atoms with van der Waals surface area (Å²) >= 11 is 0. The molecular formula is C37H42N4O4. The van der Waals surface area contributed by atoms with Crippen LogP contribution in [-0.2, 0) is 33.8 Å². The van der Waals surface area contributed by atoms with E-state index in [9.17, 15) is 14.4 Å². The van der Waals surface area contributed by atoms with Crippen molar-refractivity contribution in [1.82, 2.24) is 15.5 Å². The summed E-state index contributed by atoms with van der Waals surface area (Å²) in [6, 6.07) is 26.5. The number of carbonyl (C=O) groups excluding carboxylic acids is 3. The number of aryl methyl sites for hydroxylation is 1. The van der Waals surface area contributed by atoms with Gasteiger partial charge in [0.1, 0.15) is 18.4 Å². The van der Waals surface area contributed by atoms with Crippen LogP contribution in [0, 0.1) is 23.2 Å². The van der Waals surface area contributed by atoms with Crippen LogP contribution in [0.1, 0.15) is 60.8 Å². The molecule has 45 heavy (non-hydrogen) atoms. The van der Waals surface area contributed by atoms with Gasteiger partial charge in [-0.25, -0.2) is 0 Å². The Morgan fingerprint density at radius 1 is 0.844 bits per heavy atom. The summed E-state index contributed by atoms with van der Waals surface area (Å²) < 4.78 is 5.90. The van der Waals surface area contributed by atoms with E-state index >= 15 is 0 Å². The lowest BCUT2D eigenvalue weighted by atomic mass is 9.92. The molecule has 2 fully saturated rings. The zero-order valence-corrected chi connectivity index (χ0v) is 25.8. The van der Waals surface area contributed by atoms with Crippen LogP contribution in [0.5, 0.6) is 5.75 Å². The zero-order chi connectivity index (χ0) is 31.4. The number of nitrogens with one attached hydrogen (secondary N) is 2. The van der Waals surface area contributed by atoms with Gasteiger partial charge in [0.15, 0.2) is 0 Å². The highest BCUT2D eigenvalue weighted by Crippen LogP contribution is 2.27. The van der Waals surface area contributed by atoms with Gasteiger partial charge in [0.25, 0.3) is 0 Å². The Morgan fingerprint density at radius 3 is 2.20 bits per heavy atom. The molecule has 8 nitrogen and oxygen atoms in total. The van der Waals surface area contributed by atoms with E-state index in [4.69, 9.17) is 10.00 Å². The molecule has 1 aliphatic heterocycles. The number of carbonyl (C=O) groups is 3. The van der Waals surface area contributed by atoms with E-state index in [1.807, 2.05) is 71.6 Å². The van der Waals surface area contributed by atoms with Crippen LogP contribution in [0.2, 0.25) is 0 Å². The van der Waals surface area contributed by atoms with Crippen LogP contribution < -0.4 is 15.4 Å². The number of nitriles is 1. The fourth-order valence-corrected chi connectivity index (χ4v) is 5.66. The standard InChI is InChI=1S/C37H42N4O4/c38-24-30-8-6-27(7-9-30)14-17-36(43)41-20-18-29(19-21-41)23-35(42)40-34(37(44)39-25-31-10-11-31)22-28-12-15-33(16-13-28)45-26-32-4-2-1-3-5-32/h1-9,12-13,15-16,29,31,34H,10-11,14,17-23,25-26H2,(H,39,44)(H,40,42)/t34-/m0/s1. The number of benzene rings is 3. The first kappa shape index (κ1) is 31.8. The van der Waals surface area contributed by atoms with Crippen LogP contribution in [0.3, 0.4) is 0 Å². The molecular weight excluding hydrogens is 564 g/mol. The van der Waals surface area contributed by atoms with Gasteiger partial charge in [0, 0.05) is 38.9 Å². The highest BCUT2D eigenvalue weighted by atomic mass is 16.5. The molecule has 0 radical (unpaired) electrons. The molecule has 2 N–H and O–H groups in total. The minimum absolute atomic E-state index is 0.117. The Balaban J connectivity index is 1.08. The lowest BCUT2D eigenvalue weighted by Crippen LogP contribution is -2.49. The van der Waals surface area contributed by atoms with Crippen molar-refractivity contribution in [3.63, 3.8) is 0 Å². The minimum atomic E-state index is -0.656. The van der Waals surface area contributed by atoms with Crippen molar-refractivity contribution in [2.45, 2.75) is 64.0 Å². The summed E-state index contributed by atoms with van der Waals surface area (Å²) in [5.41, 5.74) is 3.69. The lowest BCUT2D eigenvalue weighted by Gasteiger charge is -2.32. The number of nitrogens with zero attached hydrogens (tertiary/aromatic N) is 2. The SMILES string of the molecule is N#Cc1ccc(CCC(=O)N2CCC(CC(=O)N[C@@H](Cc3ccc(OCc4ccccc4)cc3)C(=O)NCC3CC3)CC2)cc1. The predicted octanol–water partition coefficient (Wildman–Crippen LogP) is 4.95. The van der Waals surface area contributed by atoms with Crippen molar-refractivity contribution >= 4 is 17.7 Å². The molecule has 0 unspecified atom stereocenters. The first-order valence-electron chi connectivity index (χ1n) is 16.0. The van der Waals surface area contributed by atoms with Gasteiger partial charge in [0.05, 0.1) is 11.6 Å². The summed E-state index contributed by atoms with van der Waals surface area (Å²) in [5.74, 6) is 1.30. The van der Waals surface area contributed by atoms with Crippen LogP contribution in [0.4, 0.5) is 0 Å². The predicted molar refractivity (Wildman–Crippen MR) is 172 cm³/mol. The molecule has 0 aromatic heterocycles. The fraction of sp³-hybridized carbons (Fsp3) is 0.405. The third kappa shape index (κ3) is 10.2. The molecule has 234 valence electrons. The van der Waals surface area contributed by atoms with Gasteiger partial charge in [-0.3, -0.25) is 14.4 Å². The molecule has 1 heterocycles. The summed E-state index contributed by atoms with van der Waals surface area (Å²) in [6.45, 7) is 2.39. The number of amides is 3. The molecule has 3 amide bonds. The Hall–Kier alpha value is -4.64. The normalized spacial score (nSPS) is 15.5. The minimum Gasteiger partial charge on any atom is -0.489 e. The Morgan fingerprint density at radius 2 is 1.53 bits per heavy atom. The van der Waals surface area contributed by atoms with Crippen molar-refractivity contribution in [3.05, 3.63) is 101 Å². The van der Waals surface area contributed by atoms with Crippen LogP contribution in [-0.4, -0.2) is 48.3 Å². The fourth-order valence-electron chi connectivity index (χ4n) is 5.66. The molecule has 1 saturated heterocycles. The van der Waals surface area contributed by atoms with Crippen LogP contribution in [0.15, 0.2) is 78.9 Å². The van der Waals surface area contributed by atoms with Crippen molar-refractivity contribution in [2.75, 3.05) is 19.6 Å². The zero-order valence-electron chi connectivity index (χ0n) is 25.8. The van der Waals surface area contributed by atoms with Crippen molar-refractivity contribution in [1.29, 1.82) is 5.26 Å². The first-order valence-corrected chi connectivity index (χ1v) is 16.0. The monoisotopic (exact) mass is 606 g/mol. The van der Waals surface area contributed by atoms with Crippen molar-refractivity contribution in [3.8, 4) is 11.8 Å². The van der Waals surface area contributed by atoms with Crippen molar-refractivity contribution in [2.24, 2.45) is 11.8 Å². The van der Waals surface area contributed by atoms with Crippen molar-refractivity contribution < 1.29 is 19.1 Å². The largest absolute Gasteiger partial charge is 0.489 e. The van der Waals surface area contributed by atoms with E-state index in [2.05, 4.69) is 16.7 Å². The third-order valence-electron chi connectivity index (χ3n) is 8.68. The van der Waals surface area contributed by atoms with Crippen LogP contribution in [0.25, 0.3) is 0 Å².